The Bertz CT molecular complexity index is 2030. The van der Waals surface area contributed by atoms with E-state index in [-0.39, 0.29) is 25.7 Å². The zero-order valence-corrected chi connectivity index (χ0v) is 71.0. The third-order valence-electron chi connectivity index (χ3n) is 20.9. The quantitative estimate of drug-likeness (QED) is 0.0222. The van der Waals surface area contributed by atoms with E-state index in [1.165, 1.54) is 257 Å². The number of phosphoric ester groups is 2. The van der Waals surface area contributed by atoms with Crippen LogP contribution in [0.5, 0.6) is 0 Å². The molecule has 0 spiro atoms. The smallest absolute Gasteiger partial charge is 0.462 e. The number of aliphatic hydroxyl groups excluding tert-OH is 1. The van der Waals surface area contributed by atoms with Gasteiger partial charge in [0, 0.05) is 25.7 Å². The highest BCUT2D eigenvalue weighted by Gasteiger charge is 2.30. The fourth-order valence-corrected chi connectivity index (χ4v) is 14.9. The van der Waals surface area contributed by atoms with Gasteiger partial charge in [0.2, 0.25) is 0 Å². The monoisotopic (exact) mass is 1540 g/mol. The van der Waals surface area contributed by atoms with Crippen molar-refractivity contribution in [1.82, 2.24) is 0 Å². The van der Waals surface area contributed by atoms with Crippen LogP contribution in [0.15, 0.2) is 0 Å². The standard InChI is InChI=1S/C86H168O17P2/c1-8-11-12-13-14-46-53-60-67-83(88)96-73-81(102-85(90)70-63-56-49-42-36-30-24-22-27-33-39-45-52-59-66-79(7)10-3)75-100-104(92,93)98-71-80(87)72-99-105(94,95)101-76-82(74-97-84(89)68-61-54-47-40-34-28-23-21-26-32-38-44-51-58-65-78(6)9-2)103-86(91)69-62-55-48-41-35-29-20-18-16-15-17-19-25-31-37-43-50-57-64-77(4)5/h77-82,87H,8-76H2,1-7H3,(H,92,93)(H,94,95)/t78?,79?,80-,81+,82+/m0/s1. The van der Waals surface area contributed by atoms with E-state index in [2.05, 4.69) is 48.5 Å². The predicted molar refractivity (Wildman–Crippen MR) is 432 cm³/mol. The lowest BCUT2D eigenvalue weighted by molar-refractivity contribution is -0.161. The molecule has 0 rings (SSSR count). The lowest BCUT2D eigenvalue weighted by Crippen LogP contribution is -2.30. The Morgan fingerprint density at radius 2 is 0.486 bits per heavy atom. The minimum atomic E-state index is -4.97. The predicted octanol–water partition coefficient (Wildman–Crippen LogP) is 26.1. The Kier molecular flexibility index (Phi) is 74.7. The summed E-state index contributed by atoms with van der Waals surface area (Å²) in [5, 5.41) is 10.7. The van der Waals surface area contributed by atoms with Crippen molar-refractivity contribution >= 4 is 39.5 Å². The largest absolute Gasteiger partial charge is 0.472 e. The van der Waals surface area contributed by atoms with Gasteiger partial charge in [0.25, 0.3) is 0 Å². The van der Waals surface area contributed by atoms with E-state index in [4.69, 9.17) is 37.0 Å². The fraction of sp³-hybridized carbons (Fsp3) is 0.953. The minimum Gasteiger partial charge on any atom is -0.462 e. The Balaban J connectivity index is 5.19. The van der Waals surface area contributed by atoms with Gasteiger partial charge in [0.1, 0.15) is 19.3 Å². The van der Waals surface area contributed by atoms with E-state index in [9.17, 15) is 43.2 Å². The molecule has 4 unspecified atom stereocenters. The maximum atomic E-state index is 13.1. The van der Waals surface area contributed by atoms with Crippen molar-refractivity contribution in [1.29, 1.82) is 0 Å². The van der Waals surface area contributed by atoms with Crippen LogP contribution in [0, 0.1) is 17.8 Å². The number of hydrogen-bond acceptors (Lipinski definition) is 15. The van der Waals surface area contributed by atoms with Gasteiger partial charge >= 0.3 is 39.5 Å². The zero-order valence-electron chi connectivity index (χ0n) is 69.2. The SMILES string of the molecule is CCCCCCCCCCC(=O)OC[C@H](COP(=O)(O)OC[C@H](O)COP(=O)(O)OC[C@@H](COC(=O)CCCCCCCCCCCCCCCCC(C)CC)OC(=O)CCCCCCCCCCCCCCCCCCCCC(C)C)OC(=O)CCCCCCCCCCCCCCCCC(C)CC. The molecule has 105 heavy (non-hydrogen) atoms. The van der Waals surface area contributed by atoms with Crippen molar-refractivity contribution in [3.05, 3.63) is 0 Å². The Hall–Kier alpha value is -1.94. The van der Waals surface area contributed by atoms with Crippen LogP contribution in [0.25, 0.3) is 0 Å². The molecule has 0 bridgehead atoms. The van der Waals surface area contributed by atoms with Gasteiger partial charge in [-0.1, -0.05) is 402 Å². The third-order valence-corrected chi connectivity index (χ3v) is 22.8. The highest BCUT2D eigenvalue weighted by Crippen LogP contribution is 2.45. The van der Waals surface area contributed by atoms with Crippen LogP contribution in [0.4, 0.5) is 0 Å². The molecule has 0 heterocycles. The van der Waals surface area contributed by atoms with E-state index < -0.39 is 97.5 Å². The van der Waals surface area contributed by atoms with E-state index in [1.807, 2.05) is 0 Å². The van der Waals surface area contributed by atoms with Crippen LogP contribution in [0.1, 0.15) is 453 Å². The number of carbonyl (C=O) groups excluding carboxylic acids is 4. The van der Waals surface area contributed by atoms with Crippen LogP contribution in [0.3, 0.4) is 0 Å². The average molecular weight is 1540 g/mol. The Labute approximate surface area is 645 Å². The molecule has 0 aromatic carbocycles. The summed E-state index contributed by atoms with van der Waals surface area (Å²) in [5.74, 6) is 0.410. The summed E-state index contributed by atoms with van der Waals surface area (Å²) in [7, 11) is -9.92. The molecule has 17 nitrogen and oxygen atoms in total. The molecule has 0 fully saturated rings. The maximum absolute atomic E-state index is 13.1. The van der Waals surface area contributed by atoms with Gasteiger partial charge in [0.05, 0.1) is 26.4 Å². The van der Waals surface area contributed by atoms with Gasteiger partial charge in [-0.25, -0.2) is 9.13 Å². The highest BCUT2D eigenvalue weighted by atomic mass is 31.2. The molecule has 0 aliphatic heterocycles. The summed E-state index contributed by atoms with van der Waals surface area (Å²) in [5.41, 5.74) is 0. The van der Waals surface area contributed by atoms with Crippen molar-refractivity contribution < 1.29 is 80.2 Å². The molecular formula is C86H168O17P2. The van der Waals surface area contributed by atoms with Crippen molar-refractivity contribution in [2.24, 2.45) is 17.8 Å². The highest BCUT2D eigenvalue weighted by molar-refractivity contribution is 7.47. The molecule has 0 aliphatic carbocycles. The molecule has 7 atom stereocenters. The van der Waals surface area contributed by atoms with E-state index in [0.717, 1.165) is 114 Å². The number of carbonyl (C=O) groups is 4. The van der Waals surface area contributed by atoms with Gasteiger partial charge in [-0.2, -0.15) is 0 Å². The van der Waals surface area contributed by atoms with Gasteiger partial charge in [0.15, 0.2) is 12.2 Å². The summed E-state index contributed by atoms with van der Waals surface area (Å²) >= 11 is 0. The third kappa shape index (κ3) is 77.2. The maximum Gasteiger partial charge on any atom is 0.472 e. The first kappa shape index (κ1) is 103. The first-order valence-corrected chi connectivity index (χ1v) is 47.4. The van der Waals surface area contributed by atoms with Crippen LogP contribution in [0.2, 0.25) is 0 Å². The minimum absolute atomic E-state index is 0.108. The van der Waals surface area contributed by atoms with Crippen molar-refractivity contribution in [3.8, 4) is 0 Å². The number of ether oxygens (including phenoxy) is 4. The molecule has 0 aromatic heterocycles. The zero-order chi connectivity index (χ0) is 77.2. The number of aliphatic hydroxyl groups is 1. The topological polar surface area (TPSA) is 237 Å². The number of hydrogen-bond donors (Lipinski definition) is 3. The van der Waals surface area contributed by atoms with Crippen molar-refractivity contribution in [2.45, 2.75) is 471 Å². The summed E-state index contributed by atoms with van der Waals surface area (Å²) in [4.78, 5) is 73.1. The van der Waals surface area contributed by atoms with Crippen LogP contribution in [-0.4, -0.2) is 96.7 Å². The summed E-state index contributed by atoms with van der Waals surface area (Å²) < 4.78 is 68.8. The van der Waals surface area contributed by atoms with Crippen LogP contribution < -0.4 is 0 Å². The molecule has 19 heteroatoms. The summed E-state index contributed by atoms with van der Waals surface area (Å²) in [6, 6.07) is 0. The lowest BCUT2D eigenvalue weighted by Gasteiger charge is -2.21. The number of phosphoric acid groups is 2. The second kappa shape index (κ2) is 76.1. The molecule has 3 N–H and O–H groups in total. The summed E-state index contributed by atoms with van der Waals surface area (Å²) in [6.07, 6.45) is 66.6. The molecule has 0 saturated heterocycles. The molecule has 0 saturated carbocycles. The molecule has 0 amide bonds. The lowest BCUT2D eigenvalue weighted by atomic mass is 9.99. The summed E-state index contributed by atoms with van der Waals surface area (Å²) in [6.45, 7) is 12.1. The normalized spacial score (nSPS) is 14.4. The van der Waals surface area contributed by atoms with Crippen LogP contribution >= 0.6 is 15.6 Å². The molecular weight excluding hydrogens is 1370 g/mol. The van der Waals surface area contributed by atoms with Gasteiger partial charge < -0.3 is 33.8 Å². The number of unbranched alkanes of at least 4 members (excludes halogenated alkanes) is 50. The Morgan fingerprint density at radius 3 is 0.724 bits per heavy atom. The van der Waals surface area contributed by atoms with E-state index >= 15 is 0 Å². The first-order chi connectivity index (χ1) is 50.8. The van der Waals surface area contributed by atoms with E-state index in [1.54, 1.807) is 0 Å². The molecule has 0 aliphatic rings. The number of esters is 4. The fourth-order valence-electron chi connectivity index (χ4n) is 13.3. The van der Waals surface area contributed by atoms with Crippen molar-refractivity contribution in [2.75, 3.05) is 39.6 Å². The van der Waals surface area contributed by atoms with Crippen molar-refractivity contribution in [3.63, 3.8) is 0 Å². The van der Waals surface area contributed by atoms with E-state index in [0.29, 0.717) is 25.7 Å². The van der Waals surface area contributed by atoms with Crippen LogP contribution in [-0.2, 0) is 65.4 Å². The Morgan fingerprint density at radius 1 is 0.276 bits per heavy atom. The van der Waals surface area contributed by atoms with Gasteiger partial charge in [-0.05, 0) is 43.4 Å². The second-order valence-electron chi connectivity index (χ2n) is 31.9. The van der Waals surface area contributed by atoms with Gasteiger partial charge in [-0.15, -0.1) is 0 Å². The molecule has 624 valence electrons. The molecule has 0 radical (unpaired) electrons. The molecule has 0 aromatic rings. The first-order valence-electron chi connectivity index (χ1n) is 44.4. The number of rotatable bonds is 84. The van der Waals surface area contributed by atoms with Gasteiger partial charge in [-0.3, -0.25) is 37.3 Å². The second-order valence-corrected chi connectivity index (χ2v) is 34.8. The average Bonchev–Trinajstić information content (AvgIpc) is 0.915.